The molecule has 90 valence electrons. The molecule has 0 amide bonds. The van der Waals surface area contributed by atoms with Gasteiger partial charge in [0.05, 0.1) is 6.10 Å². The summed E-state index contributed by atoms with van der Waals surface area (Å²) in [7, 11) is 0. The number of aliphatic hydroxyl groups is 1. The summed E-state index contributed by atoms with van der Waals surface area (Å²) >= 11 is 7.53. The average molecular weight is 269 g/mol. The van der Waals surface area contributed by atoms with Crippen LogP contribution in [-0.4, -0.2) is 5.11 Å². The third-order valence-electron chi connectivity index (χ3n) is 2.40. The molecule has 4 heteroatoms. The van der Waals surface area contributed by atoms with Gasteiger partial charge in [0.25, 0.3) is 0 Å². The Kier molecular flexibility index (Phi) is 4.05. The normalized spacial score (nSPS) is 12.4. The van der Waals surface area contributed by atoms with Crippen LogP contribution in [0.1, 0.15) is 24.2 Å². The van der Waals surface area contributed by atoms with Crippen LogP contribution in [-0.2, 0) is 6.61 Å². The van der Waals surface area contributed by atoms with Crippen LogP contribution in [0, 0.1) is 0 Å². The zero-order valence-electron chi connectivity index (χ0n) is 9.39. The molecule has 0 aliphatic heterocycles. The first kappa shape index (κ1) is 12.4. The monoisotopic (exact) mass is 268 g/mol. The van der Waals surface area contributed by atoms with E-state index in [1.165, 1.54) is 0 Å². The first-order valence-corrected chi connectivity index (χ1v) is 6.60. The van der Waals surface area contributed by atoms with Crippen LogP contribution in [0.3, 0.4) is 0 Å². The molecule has 0 unspecified atom stereocenters. The lowest BCUT2D eigenvalue weighted by atomic mass is 10.1. The van der Waals surface area contributed by atoms with Gasteiger partial charge in [-0.3, -0.25) is 0 Å². The molecule has 0 aliphatic carbocycles. The Balaban J connectivity index is 2.14. The van der Waals surface area contributed by atoms with Gasteiger partial charge >= 0.3 is 0 Å². The van der Waals surface area contributed by atoms with Gasteiger partial charge in [-0.25, -0.2) is 0 Å². The predicted octanol–water partition coefficient (Wildman–Crippen LogP) is 4.03. The van der Waals surface area contributed by atoms with Crippen molar-refractivity contribution in [1.82, 2.24) is 0 Å². The molecule has 1 N–H and O–H groups in total. The van der Waals surface area contributed by atoms with Crippen molar-refractivity contribution in [3.8, 4) is 5.75 Å². The summed E-state index contributed by atoms with van der Waals surface area (Å²) in [5, 5.41) is 14.3. The Morgan fingerprint density at radius 3 is 2.88 bits per heavy atom. The summed E-state index contributed by atoms with van der Waals surface area (Å²) in [5.41, 5.74) is 1.84. The van der Waals surface area contributed by atoms with E-state index < -0.39 is 6.10 Å². The number of hydrogen-bond acceptors (Lipinski definition) is 3. The lowest BCUT2D eigenvalue weighted by Gasteiger charge is -2.13. The van der Waals surface area contributed by atoms with E-state index in [1.807, 2.05) is 16.8 Å². The minimum atomic E-state index is -0.592. The van der Waals surface area contributed by atoms with Crippen molar-refractivity contribution in [3.05, 3.63) is 51.2 Å². The zero-order chi connectivity index (χ0) is 12.3. The van der Waals surface area contributed by atoms with Crippen molar-refractivity contribution >= 4 is 22.9 Å². The van der Waals surface area contributed by atoms with Crippen LogP contribution in [0.4, 0.5) is 0 Å². The number of benzene rings is 1. The molecule has 2 aromatic rings. The SMILES string of the molecule is C[C@H](O)c1cc(Cl)ccc1OCc1ccsc1. The summed E-state index contributed by atoms with van der Waals surface area (Å²) in [5.74, 6) is 0.676. The van der Waals surface area contributed by atoms with Crippen LogP contribution in [0.5, 0.6) is 5.75 Å². The summed E-state index contributed by atoms with van der Waals surface area (Å²) in [6, 6.07) is 7.30. The fourth-order valence-electron chi connectivity index (χ4n) is 1.51. The van der Waals surface area contributed by atoms with Crippen LogP contribution in [0.15, 0.2) is 35.0 Å². The lowest BCUT2D eigenvalue weighted by Crippen LogP contribution is -2.00. The van der Waals surface area contributed by atoms with E-state index in [2.05, 4.69) is 0 Å². The van der Waals surface area contributed by atoms with E-state index in [4.69, 9.17) is 16.3 Å². The number of aliphatic hydroxyl groups excluding tert-OH is 1. The molecule has 0 saturated carbocycles. The Bertz CT molecular complexity index is 480. The van der Waals surface area contributed by atoms with Crippen molar-refractivity contribution in [2.45, 2.75) is 19.6 Å². The van der Waals surface area contributed by atoms with E-state index in [1.54, 1.807) is 36.5 Å². The molecular weight excluding hydrogens is 256 g/mol. The van der Waals surface area contributed by atoms with Crippen LogP contribution in [0.25, 0.3) is 0 Å². The number of rotatable bonds is 4. The van der Waals surface area contributed by atoms with E-state index in [0.717, 1.165) is 5.56 Å². The van der Waals surface area contributed by atoms with Gasteiger partial charge in [-0.05, 0) is 47.5 Å². The molecule has 1 aromatic carbocycles. The standard InChI is InChI=1S/C13H13ClO2S/c1-9(15)12-6-11(14)2-3-13(12)16-7-10-4-5-17-8-10/h2-6,8-9,15H,7H2,1H3/t9-/m0/s1. The largest absolute Gasteiger partial charge is 0.488 e. The number of hydrogen-bond donors (Lipinski definition) is 1. The molecule has 0 fully saturated rings. The van der Waals surface area contributed by atoms with Crippen molar-refractivity contribution in [2.75, 3.05) is 0 Å². The van der Waals surface area contributed by atoms with Gasteiger partial charge in [0.1, 0.15) is 12.4 Å². The Morgan fingerprint density at radius 1 is 1.41 bits per heavy atom. The second-order valence-corrected chi connectivity index (χ2v) is 4.99. The second kappa shape index (κ2) is 5.54. The van der Waals surface area contributed by atoms with E-state index >= 15 is 0 Å². The van der Waals surface area contributed by atoms with Crippen molar-refractivity contribution in [3.63, 3.8) is 0 Å². The quantitative estimate of drug-likeness (QED) is 0.907. The molecule has 0 bridgehead atoms. The maximum atomic E-state index is 9.65. The number of ether oxygens (including phenoxy) is 1. The van der Waals surface area contributed by atoms with E-state index in [-0.39, 0.29) is 0 Å². The zero-order valence-corrected chi connectivity index (χ0v) is 11.0. The molecule has 2 nitrogen and oxygen atoms in total. The number of halogens is 1. The van der Waals surface area contributed by atoms with Crippen molar-refractivity contribution < 1.29 is 9.84 Å². The molecule has 0 radical (unpaired) electrons. The maximum Gasteiger partial charge on any atom is 0.125 e. The third-order valence-corrected chi connectivity index (χ3v) is 3.36. The third kappa shape index (κ3) is 3.22. The topological polar surface area (TPSA) is 29.5 Å². The van der Waals surface area contributed by atoms with Crippen molar-refractivity contribution in [2.24, 2.45) is 0 Å². The highest BCUT2D eigenvalue weighted by atomic mass is 35.5. The first-order chi connectivity index (χ1) is 8.16. The summed E-state index contributed by atoms with van der Waals surface area (Å²) in [6.07, 6.45) is -0.592. The molecular formula is C13H13ClO2S. The Labute approximate surface area is 109 Å². The molecule has 1 atom stereocenters. The van der Waals surface area contributed by atoms with Gasteiger partial charge in [0.2, 0.25) is 0 Å². The van der Waals surface area contributed by atoms with Gasteiger partial charge in [-0.15, -0.1) is 0 Å². The fourth-order valence-corrected chi connectivity index (χ4v) is 2.35. The van der Waals surface area contributed by atoms with Crippen LogP contribution < -0.4 is 4.74 Å². The fraction of sp³-hybridized carbons (Fsp3) is 0.231. The number of thiophene rings is 1. The molecule has 2 rings (SSSR count). The van der Waals surface area contributed by atoms with Gasteiger partial charge < -0.3 is 9.84 Å². The highest BCUT2D eigenvalue weighted by Gasteiger charge is 2.10. The predicted molar refractivity (Wildman–Crippen MR) is 70.7 cm³/mol. The molecule has 0 saturated heterocycles. The van der Waals surface area contributed by atoms with Crippen molar-refractivity contribution in [1.29, 1.82) is 0 Å². The molecule has 0 aliphatic rings. The average Bonchev–Trinajstić information content (AvgIpc) is 2.80. The summed E-state index contributed by atoms with van der Waals surface area (Å²) in [4.78, 5) is 0. The summed E-state index contributed by atoms with van der Waals surface area (Å²) < 4.78 is 5.69. The minimum absolute atomic E-state index is 0.505. The molecule has 1 aromatic heterocycles. The minimum Gasteiger partial charge on any atom is -0.488 e. The van der Waals surface area contributed by atoms with Gasteiger partial charge in [0, 0.05) is 10.6 Å². The lowest BCUT2D eigenvalue weighted by molar-refractivity contribution is 0.190. The molecule has 0 spiro atoms. The molecule has 1 heterocycles. The maximum absolute atomic E-state index is 9.65. The first-order valence-electron chi connectivity index (χ1n) is 5.28. The summed E-state index contributed by atoms with van der Waals surface area (Å²) in [6.45, 7) is 2.20. The Hall–Kier alpha value is -1.03. The van der Waals surface area contributed by atoms with E-state index in [0.29, 0.717) is 22.9 Å². The Morgan fingerprint density at radius 2 is 2.24 bits per heavy atom. The highest BCUT2D eigenvalue weighted by molar-refractivity contribution is 7.07. The van der Waals surface area contributed by atoms with E-state index in [9.17, 15) is 5.11 Å². The second-order valence-electron chi connectivity index (χ2n) is 3.78. The van der Waals surface area contributed by atoms with Gasteiger partial charge in [0.15, 0.2) is 0 Å². The van der Waals surface area contributed by atoms with Crippen LogP contribution in [0.2, 0.25) is 5.02 Å². The van der Waals surface area contributed by atoms with Crippen LogP contribution >= 0.6 is 22.9 Å². The molecule has 17 heavy (non-hydrogen) atoms. The highest BCUT2D eigenvalue weighted by Crippen LogP contribution is 2.29. The van der Waals surface area contributed by atoms with Gasteiger partial charge in [-0.2, -0.15) is 11.3 Å². The smallest absolute Gasteiger partial charge is 0.125 e. The van der Waals surface area contributed by atoms with Gasteiger partial charge in [-0.1, -0.05) is 11.6 Å².